The maximum atomic E-state index is 10.7. The number of hydrogen-bond donors (Lipinski definition) is 1. The summed E-state index contributed by atoms with van der Waals surface area (Å²) in [6, 6.07) is -0.405. The molecule has 4 nitrogen and oxygen atoms in total. The van der Waals surface area contributed by atoms with Crippen LogP contribution in [0.25, 0.3) is 0 Å². The highest BCUT2D eigenvalue weighted by Gasteiger charge is 2.27. The molecule has 1 heterocycles. The average Bonchev–Trinajstić information content (AvgIpc) is 2.34. The molecule has 1 aliphatic heterocycles. The van der Waals surface area contributed by atoms with Crippen molar-refractivity contribution in [2.75, 3.05) is 7.11 Å². The van der Waals surface area contributed by atoms with Crippen LogP contribution in [-0.4, -0.2) is 25.0 Å². The number of rotatable bonds is 1. The van der Waals surface area contributed by atoms with E-state index in [1.54, 1.807) is 0 Å². The van der Waals surface area contributed by atoms with Gasteiger partial charge in [-0.3, -0.25) is 4.79 Å². The molecule has 0 bridgehead atoms. The summed E-state index contributed by atoms with van der Waals surface area (Å²) in [5, 5.41) is 2.49. The highest BCUT2D eigenvalue weighted by atomic mass is 16.5. The first-order chi connectivity index (χ1) is 4.74. The van der Waals surface area contributed by atoms with Crippen molar-refractivity contribution >= 4 is 11.9 Å². The molecule has 1 N–H and O–H groups in total. The third-order valence-electron chi connectivity index (χ3n) is 1.48. The second kappa shape index (κ2) is 2.68. The Morgan fingerprint density at radius 2 is 2.60 bits per heavy atom. The zero-order valence-corrected chi connectivity index (χ0v) is 5.72. The fourth-order valence-electron chi connectivity index (χ4n) is 0.933. The molecule has 0 aliphatic carbocycles. The van der Waals surface area contributed by atoms with Crippen LogP contribution in [0.4, 0.5) is 0 Å². The van der Waals surface area contributed by atoms with Gasteiger partial charge in [-0.15, -0.1) is 0 Å². The van der Waals surface area contributed by atoms with Crippen LogP contribution in [0.2, 0.25) is 0 Å². The van der Waals surface area contributed by atoms with E-state index in [1.165, 1.54) is 7.11 Å². The number of ether oxygens (including phenoxy) is 1. The Morgan fingerprint density at radius 3 is 3.00 bits per heavy atom. The smallest absolute Gasteiger partial charge is 0.328 e. The first-order valence-electron chi connectivity index (χ1n) is 3.11. The highest BCUT2D eigenvalue weighted by Crippen LogP contribution is 2.06. The topological polar surface area (TPSA) is 55.4 Å². The fraction of sp³-hybridized carbons (Fsp3) is 0.667. The van der Waals surface area contributed by atoms with Gasteiger partial charge in [-0.05, 0) is 6.42 Å². The lowest BCUT2D eigenvalue weighted by Crippen LogP contribution is -2.33. The first kappa shape index (κ1) is 7.05. The summed E-state index contributed by atoms with van der Waals surface area (Å²) in [6.45, 7) is 0. The van der Waals surface area contributed by atoms with Crippen molar-refractivity contribution in [2.24, 2.45) is 0 Å². The number of amides is 1. The Labute approximate surface area is 60.0 Å². The molecule has 0 aromatic carbocycles. The minimum atomic E-state index is -0.405. The highest BCUT2D eigenvalue weighted by molar-refractivity contribution is 5.87. The van der Waals surface area contributed by atoms with E-state index in [1.807, 2.05) is 0 Å². The average molecular weight is 145 g/mol. The summed E-state index contributed by atoms with van der Waals surface area (Å²) >= 11 is 0. The molecule has 1 amide bonds. The lowest BCUT2D eigenvalue weighted by molar-refractivity contribution is -0.143. The van der Waals surface area contributed by atoms with E-state index in [4.69, 9.17) is 0 Å². The van der Waals surface area contributed by atoms with Crippen LogP contribution < -0.4 is 5.32 Å². The van der Waals surface area contributed by atoms with Crippen molar-refractivity contribution in [2.45, 2.75) is 18.9 Å². The summed E-state index contributed by atoms with van der Waals surface area (Å²) in [7, 11) is 1.31. The normalized spacial score (nSPS) is 24.1. The lowest BCUT2D eigenvalue weighted by Gasteiger charge is -2.04. The van der Waals surface area contributed by atoms with Crippen LogP contribution in [-0.2, 0) is 14.3 Å². The third kappa shape index (κ3) is 1.26. The molecule has 0 aromatic rings. The molecule has 1 saturated heterocycles. The maximum Gasteiger partial charge on any atom is 0.328 e. The van der Waals surface area contributed by atoms with Crippen molar-refractivity contribution in [1.82, 2.24) is 5.32 Å². The molecule has 1 aliphatic rings. The Bertz CT molecular complexity index is 171. The monoisotopic (exact) mass is 145 g/mol. The third-order valence-corrected chi connectivity index (χ3v) is 1.48. The number of carbonyl (C=O) groups is 2. The molecular weight excluding hydrogens is 134 g/mol. The van der Waals surface area contributed by atoms with Gasteiger partial charge < -0.3 is 10.1 Å². The molecule has 1 rings (SSSR count). The van der Waals surface area contributed by atoms with Crippen LogP contribution in [0.1, 0.15) is 14.3 Å². The van der Waals surface area contributed by atoms with E-state index in [0.29, 0.717) is 12.8 Å². The zero-order valence-electron chi connectivity index (χ0n) is 5.72. The molecule has 0 aromatic heterocycles. The van der Waals surface area contributed by atoms with Crippen molar-refractivity contribution < 1.29 is 15.8 Å². The van der Waals surface area contributed by atoms with Gasteiger partial charge in [0.1, 0.15) is 6.04 Å². The van der Waals surface area contributed by atoms with Crippen molar-refractivity contribution in [1.29, 1.82) is 0 Å². The number of carbonyl (C=O) groups excluding carboxylic acids is 2. The summed E-state index contributed by atoms with van der Waals surface area (Å²) in [4.78, 5) is 21.3. The molecule has 0 saturated carbocycles. The second-order valence-corrected chi connectivity index (χ2v) is 2.18. The van der Waals surface area contributed by atoms with Gasteiger partial charge in [-0.2, -0.15) is 0 Å². The quantitative estimate of drug-likeness (QED) is 0.515. The lowest BCUT2D eigenvalue weighted by atomic mass is 10.2. The van der Waals surface area contributed by atoms with E-state index < -0.39 is 6.04 Å². The SMILES string of the molecule is COC(=O)[C@H]1CCC(=O)N1.[HH]. The second-order valence-electron chi connectivity index (χ2n) is 2.18. The standard InChI is InChI=1S/C6H9NO3.H2/c1-10-6(9)4-2-3-5(8)7-4;/h4H,2-3H2,1H3,(H,7,8);1H/t4-;/m1./s1. The van der Waals surface area contributed by atoms with Gasteiger partial charge in [-0.25, -0.2) is 4.79 Å². The Kier molecular flexibility index (Phi) is 1.89. The van der Waals surface area contributed by atoms with E-state index in [2.05, 4.69) is 10.1 Å². The van der Waals surface area contributed by atoms with E-state index in [0.717, 1.165) is 0 Å². The summed E-state index contributed by atoms with van der Waals surface area (Å²) in [5.74, 6) is -0.429. The summed E-state index contributed by atoms with van der Waals surface area (Å²) < 4.78 is 4.43. The van der Waals surface area contributed by atoms with Crippen molar-refractivity contribution in [3.63, 3.8) is 0 Å². The number of methoxy groups -OCH3 is 1. The van der Waals surface area contributed by atoms with Gasteiger partial charge in [0.25, 0.3) is 0 Å². The minimum Gasteiger partial charge on any atom is -0.467 e. The predicted molar refractivity (Wildman–Crippen MR) is 35.3 cm³/mol. The van der Waals surface area contributed by atoms with Gasteiger partial charge in [0, 0.05) is 7.85 Å². The van der Waals surface area contributed by atoms with Crippen molar-refractivity contribution in [3.8, 4) is 0 Å². The van der Waals surface area contributed by atoms with Gasteiger partial charge in [-0.1, -0.05) is 0 Å². The molecular formula is C6H11NO3. The van der Waals surface area contributed by atoms with Gasteiger partial charge in [0.2, 0.25) is 5.91 Å². The largest absolute Gasteiger partial charge is 0.467 e. The van der Waals surface area contributed by atoms with Crippen molar-refractivity contribution in [3.05, 3.63) is 0 Å². The van der Waals surface area contributed by atoms with Gasteiger partial charge in [0.15, 0.2) is 0 Å². The minimum absolute atomic E-state index is 0. The Balaban J connectivity index is 0.000001000. The van der Waals surface area contributed by atoms with Gasteiger partial charge in [0.05, 0.1) is 7.11 Å². The van der Waals surface area contributed by atoms with Crippen LogP contribution in [0.5, 0.6) is 0 Å². The van der Waals surface area contributed by atoms with Crippen LogP contribution in [0.15, 0.2) is 0 Å². The van der Waals surface area contributed by atoms with Crippen LogP contribution in [0.3, 0.4) is 0 Å². The Hall–Kier alpha value is -1.06. The predicted octanol–water partition coefficient (Wildman–Crippen LogP) is -0.316. The van der Waals surface area contributed by atoms with E-state index >= 15 is 0 Å². The van der Waals surface area contributed by atoms with Crippen LogP contribution in [0, 0.1) is 0 Å². The van der Waals surface area contributed by atoms with Gasteiger partial charge >= 0.3 is 5.97 Å². The number of hydrogen-bond acceptors (Lipinski definition) is 3. The molecule has 1 atom stereocenters. The molecule has 4 heteroatoms. The summed E-state index contributed by atoms with van der Waals surface area (Å²) in [5.41, 5.74) is 0. The van der Waals surface area contributed by atoms with E-state index in [-0.39, 0.29) is 13.3 Å². The Morgan fingerprint density at radius 1 is 1.90 bits per heavy atom. The van der Waals surface area contributed by atoms with E-state index in [9.17, 15) is 9.59 Å². The molecule has 58 valence electrons. The fourth-order valence-corrected chi connectivity index (χ4v) is 0.933. The summed E-state index contributed by atoms with van der Waals surface area (Å²) in [6.07, 6.45) is 0.991. The molecule has 0 unspecified atom stereocenters. The molecule has 0 spiro atoms. The molecule has 10 heavy (non-hydrogen) atoms. The molecule has 0 radical (unpaired) electrons. The van der Waals surface area contributed by atoms with Crippen LogP contribution >= 0.6 is 0 Å². The number of esters is 1. The number of nitrogens with one attached hydrogen (secondary N) is 1. The molecule has 1 fully saturated rings. The first-order valence-corrected chi connectivity index (χ1v) is 3.11. The zero-order chi connectivity index (χ0) is 7.56. The maximum absolute atomic E-state index is 10.7.